The zero-order chi connectivity index (χ0) is 10.0. The Morgan fingerprint density at radius 3 is 2.69 bits per heavy atom. The topological polar surface area (TPSA) is 42.1 Å². The van der Waals surface area contributed by atoms with Gasteiger partial charge in [0.05, 0.1) is 16.4 Å². The van der Waals surface area contributed by atoms with Crippen LogP contribution in [-0.4, -0.2) is 12.1 Å². The van der Waals surface area contributed by atoms with Crippen LogP contribution in [0.5, 0.6) is 5.75 Å². The fourth-order valence-corrected chi connectivity index (χ4v) is 1.45. The van der Waals surface area contributed by atoms with Crippen LogP contribution < -0.4 is 10.3 Å². The first-order chi connectivity index (χ1) is 6.06. The number of alkyl halides is 2. The Kier molecular flexibility index (Phi) is 3.23. The molecule has 13 heavy (non-hydrogen) atoms. The number of hydrogen-bond donors (Lipinski definition) is 1. The zero-order valence-corrected chi connectivity index (χ0v) is 8.76. The molecule has 0 unspecified atom stereocenters. The van der Waals surface area contributed by atoms with E-state index in [-0.39, 0.29) is 15.0 Å². The van der Waals surface area contributed by atoms with Gasteiger partial charge in [0.2, 0.25) is 0 Å². The van der Waals surface area contributed by atoms with E-state index in [2.05, 4.69) is 9.72 Å². The van der Waals surface area contributed by atoms with Crippen molar-refractivity contribution in [3.63, 3.8) is 0 Å². The van der Waals surface area contributed by atoms with Gasteiger partial charge in [-0.05, 0) is 28.7 Å². The maximum absolute atomic E-state index is 12.3. The summed E-state index contributed by atoms with van der Waals surface area (Å²) in [5.74, 6) is -0.101. The molecule has 3 nitrogen and oxygen atoms in total. The summed E-state index contributed by atoms with van der Waals surface area (Å²) >= 11 is 1.64. The van der Waals surface area contributed by atoms with Gasteiger partial charge in [0, 0.05) is 0 Å². The monoisotopic (exact) mass is 301 g/mol. The molecule has 1 N–H and O–H groups in total. The summed E-state index contributed by atoms with van der Waals surface area (Å²) in [6.45, 7) is 0. The summed E-state index contributed by atoms with van der Waals surface area (Å²) in [5.41, 5.74) is -0.728. The molecule has 0 amide bonds. The van der Waals surface area contributed by atoms with Gasteiger partial charge in [-0.1, -0.05) is 0 Å². The van der Waals surface area contributed by atoms with E-state index in [1.165, 1.54) is 7.11 Å². The number of halogens is 3. The Labute approximate surface area is 86.2 Å². The molecule has 0 radical (unpaired) electrons. The summed E-state index contributed by atoms with van der Waals surface area (Å²) in [6, 6.07) is 1.05. The molecular weight excluding hydrogens is 295 g/mol. The number of aromatic amines is 1. The van der Waals surface area contributed by atoms with E-state index in [1.807, 2.05) is 0 Å². The highest BCUT2D eigenvalue weighted by molar-refractivity contribution is 14.1. The van der Waals surface area contributed by atoms with Crippen molar-refractivity contribution in [2.75, 3.05) is 7.11 Å². The number of pyridine rings is 1. The van der Waals surface area contributed by atoms with Crippen LogP contribution in [0.4, 0.5) is 8.78 Å². The summed E-state index contributed by atoms with van der Waals surface area (Å²) in [6.07, 6.45) is -2.61. The van der Waals surface area contributed by atoms with Gasteiger partial charge in [0.15, 0.2) is 5.75 Å². The average molecular weight is 301 g/mol. The average Bonchev–Trinajstić information content (AvgIpc) is 2.03. The Morgan fingerprint density at radius 2 is 2.23 bits per heavy atom. The van der Waals surface area contributed by atoms with Gasteiger partial charge in [0.25, 0.3) is 12.0 Å². The standard InChI is InChI=1S/C7H6F2INO2/c1-13-4-2-3(5(8)9)6(10)11-7(4)12/h2,5H,1H3,(H,11,12). The Morgan fingerprint density at radius 1 is 1.62 bits per heavy atom. The van der Waals surface area contributed by atoms with Gasteiger partial charge in [-0.3, -0.25) is 4.79 Å². The van der Waals surface area contributed by atoms with Gasteiger partial charge in [-0.15, -0.1) is 0 Å². The predicted octanol–water partition coefficient (Wildman–Crippen LogP) is 1.93. The van der Waals surface area contributed by atoms with Crippen LogP contribution in [0, 0.1) is 3.70 Å². The van der Waals surface area contributed by atoms with E-state index in [0.717, 1.165) is 6.07 Å². The number of H-pyrrole nitrogens is 1. The van der Waals surface area contributed by atoms with Crippen LogP contribution in [0.2, 0.25) is 0 Å². The van der Waals surface area contributed by atoms with Crippen molar-refractivity contribution in [3.05, 3.63) is 25.7 Å². The van der Waals surface area contributed by atoms with Gasteiger partial charge in [-0.25, -0.2) is 8.78 Å². The highest BCUT2D eigenvalue weighted by atomic mass is 127. The van der Waals surface area contributed by atoms with Crippen LogP contribution in [-0.2, 0) is 0 Å². The number of aromatic nitrogens is 1. The third kappa shape index (κ3) is 2.17. The van der Waals surface area contributed by atoms with Crippen LogP contribution >= 0.6 is 22.6 Å². The maximum atomic E-state index is 12.3. The van der Waals surface area contributed by atoms with Crippen molar-refractivity contribution in [2.24, 2.45) is 0 Å². The third-order valence-corrected chi connectivity index (χ3v) is 2.33. The van der Waals surface area contributed by atoms with Gasteiger partial charge in [-0.2, -0.15) is 0 Å². The number of methoxy groups -OCH3 is 1. The second-order valence-electron chi connectivity index (χ2n) is 2.24. The molecule has 0 saturated heterocycles. The van der Waals surface area contributed by atoms with E-state index < -0.39 is 12.0 Å². The molecule has 6 heteroatoms. The molecule has 0 spiro atoms. The fourth-order valence-electron chi connectivity index (χ4n) is 0.814. The molecule has 0 aliphatic rings. The first-order valence-corrected chi connectivity index (χ1v) is 4.39. The fraction of sp³-hybridized carbons (Fsp3) is 0.286. The van der Waals surface area contributed by atoms with Crippen molar-refractivity contribution in [3.8, 4) is 5.75 Å². The lowest BCUT2D eigenvalue weighted by Gasteiger charge is -2.04. The highest BCUT2D eigenvalue weighted by Gasteiger charge is 2.14. The number of hydrogen-bond acceptors (Lipinski definition) is 2. The smallest absolute Gasteiger partial charge is 0.291 e. The van der Waals surface area contributed by atoms with Crippen LogP contribution in [0.15, 0.2) is 10.9 Å². The number of nitrogens with one attached hydrogen (secondary N) is 1. The summed E-state index contributed by atoms with van der Waals surface area (Å²) in [5, 5.41) is 0. The Hall–Kier alpha value is -0.660. The van der Waals surface area contributed by atoms with Crippen molar-refractivity contribution in [1.29, 1.82) is 0 Å². The van der Waals surface area contributed by atoms with Crippen molar-refractivity contribution >= 4 is 22.6 Å². The van der Waals surface area contributed by atoms with E-state index >= 15 is 0 Å². The number of rotatable bonds is 2. The summed E-state index contributed by atoms with van der Waals surface area (Å²) in [4.78, 5) is 13.3. The Bertz CT molecular complexity index is 364. The van der Waals surface area contributed by atoms with Gasteiger partial charge in [0.1, 0.15) is 0 Å². The first kappa shape index (κ1) is 10.4. The molecule has 0 aliphatic carbocycles. The van der Waals surface area contributed by atoms with Gasteiger partial charge >= 0.3 is 0 Å². The molecule has 1 aromatic rings. The second kappa shape index (κ2) is 4.03. The van der Waals surface area contributed by atoms with E-state index in [9.17, 15) is 13.6 Å². The Balaban J connectivity index is 3.31. The minimum Gasteiger partial charge on any atom is -0.491 e. The van der Waals surface area contributed by atoms with Crippen molar-refractivity contribution in [1.82, 2.24) is 4.98 Å². The molecule has 0 atom stereocenters. The molecule has 0 aromatic carbocycles. The first-order valence-electron chi connectivity index (χ1n) is 3.31. The molecular formula is C7H6F2INO2. The minimum absolute atomic E-state index is 0.101. The highest BCUT2D eigenvalue weighted by Crippen LogP contribution is 2.24. The van der Waals surface area contributed by atoms with Crippen LogP contribution in [0.1, 0.15) is 12.0 Å². The molecule has 0 fully saturated rings. The summed E-state index contributed by atoms with van der Waals surface area (Å²) < 4.78 is 29.3. The van der Waals surface area contributed by atoms with Crippen molar-refractivity contribution < 1.29 is 13.5 Å². The lowest BCUT2D eigenvalue weighted by Crippen LogP contribution is -2.12. The zero-order valence-electron chi connectivity index (χ0n) is 6.61. The molecule has 0 saturated carbocycles. The van der Waals surface area contributed by atoms with E-state index in [4.69, 9.17) is 0 Å². The maximum Gasteiger partial charge on any atom is 0.291 e. The molecule has 1 heterocycles. The predicted molar refractivity (Wildman–Crippen MR) is 51.3 cm³/mol. The minimum atomic E-state index is -2.61. The van der Waals surface area contributed by atoms with Gasteiger partial charge < -0.3 is 9.72 Å². The normalized spacial score (nSPS) is 10.5. The molecule has 0 bridgehead atoms. The van der Waals surface area contributed by atoms with Crippen molar-refractivity contribution in [2.45, 2.75) is 6.43 Å². The van der Waals surface area contributed by atoms with Crippen LogP contribution in [0.25, 0.3) is 0 Å². The van der Waals surface area contributed by atoms with Crippen LogP contribution in [0.3, 0.4) is 0 Å². The lowest BCUT2D eigenvalue weighted by atomic mass is 10.3. The van der Waals surface area contributed by atoms with E-state index in [0.29, 0.717) is 0 Å². The lowest BCUT2D eigenvalue weighted by molar-refractivity contribution is 0.149. The molecule has 1 rings (SSSR count). The number of ether oxygens (including phenoxy) is 1. The second-order valence-corrected chi connectivity index (χ2v) is 3.32. The largest absolute Gasteiger partial charge is 0.491 e. The SMILES string of the molecule is COc1cc(C(F)F)c(I)[nH]c1=O. The molecule has 72 valence electrons. The quantitative estimate of drug-likeness (QED) is 0.670. The van der Waals surface area contributed by atoms with E-state index in [1.54, 1.807) is 22.6 Å². The molecule has 1 aromatic heterocycles. The third-order valence-electron chi connectivity index (χ3n) is 1.44. The summed E-state index contributed by atoms with van der Waals surface area (Å²) in [7, 11) is 1.26. The molecule has 0 aliphatic heterocycles.